The number of hydrogen-bond acceptors (Lipinski definition) is 5. The molecule has 18 heavy (non-hydrogen) atoms. The second-order valence-corrected chi connectivity index (χ2v) is 5.33. The van der Waals surface area contributed by atoms with Gasteiger partial charge in [-0.2, -0.15) is 0 Å². The molecule has 0 bridgehead atoms. The molecule has 2 aromatic rings. The smallest absolute Gasteiger partial charge is 0.269 e. The molecule has 5 nitrogen and oxygen atoms in total. The molecule has 0 fully saturated rings. The lowest BCUT2D eigenvalue weighted by Gasteiger charge is -2.02. The Bertz CT molecular complexity index is 541. The van der Waals surface area contributed by atoms with Crippen LogP contribution in [0.1, 0.15) is 10.6 Å². The van der Waals surface area contributed by atoms with E-state index < -0.39 is 4.92 Å². The number of nitro benzene ring substituents is 1. The van der Waals surface area contributed by atoms with Crippen molar-refractivity contribution in [2.45, 2.75) is 13.1 Å². The number of benzene rings is 1. The van der Waals surface area contributed by atoms with Crippen LogP contribution >= 0.6 is 22.9 Å². The molecule has 1 aromatic heterocycles. The summed E-state index contributed by atoms with van der Waals surface area (Å²) in [6.07, 6.45) is 1.62. The average molecular weight is 284 g/mol. The molecule has 0 amide bonds. The summed E-state index contributed by atoms with van der Waals surface area (Å²) >= 11 is 7.20. The first-order chi connectivity index (χ1) is 8.65. The Hall–Kier alpha value is -1.50. The number of hydrogen-bond donors (Lipinski definition) is 1. The molecule has 2 rings (SSSR count). The zero-order chi connectivity index (χ0) is 13.0. The molecule has 7 heteroatoms. The number of nitrogens with zero attached hydrogens (tertiary/aromatic N) is 2. The topological polar surface area (TPSA) is 68.1 Å². The number of nitrogens with one attached hydrogen (secondary N) is 1. The first-order valence-corrected chi connectivity index (χ1v) is 6.39. The van der Waals surface area contributed by atoms with Gasteiger partial charge in [0.15, 0.2) is 0 Å². The van der Waals surface area contributed by atoms with Crippen molar-refractivity contribution in [3.63, 3.8) is 0 Å². The summed E-state index contributed by atoms with van der Waals surface area (Å²) in [6, 6.07) is 6.47. The van der Waals surface area contributed by atoms with Gasteiger partial charge in [-0.25, -0.2) is 4.98 Å². The molecule has 1 heterocycles. The van der Waals surface area contributed by atoms with Crippen molar-refractivity contribution in [1.82, 2.24) is 10.3 Å². The fourth-order valence-corrected chi connectivity index (χ4v) is 2.35. The third-order valence-corrected chi connectivity index (χ3v) is 3.39. The average Bonchev–Trinajstić information content (AvgIpc) is 2.76. The first kappa shape index (κ1) is 12.9. The van der Waals surface area contributed by atoms with E-state index in [0.717, 1.165) is 10.6 Å². The monoisotopic (exact) mass is 283 g/mol. The maximum Gasteiger partial charge on any atom is 0.269 e. The van der Waals surface area contributed by atoms with E-state index in [-0.39, 0.29) is 5.69 Å². The molecule has 0 spiro atoms. The summed E-state index contributed by atoms with van der Waals surface area (Å²) < 4.78 is 0.669. The minimum atomic E-state index is -0.408. The predicted molar refractivity (Wildman–Crippen MR) is 70.8 cm³/mol. The fraction of sp³-hybridized carbons (Fsp3) is 0.182. The van der Waals surface area contributed by atoms with Gasteiger partial charge in [-0.15, -0.1) is 11.3 Å². The second kappa shape index (κ2) is 5.90. The van der Waals surface area contributed by atoms with Gasteiger partial charge in [0.2, 0.25) is 0 Å². The van der Waals surface area contributed by atoms with Gasteiger partial charge in [-0.1, -0.05) is 23.7 Å². The van der Waals surface area contributed by atoms with Crippen molar-refractivity contribution < 1.29 is 4.92 Å². The van der Waals surface area contributed by atoms with Crippen molar-refractivity contribution in [1.29, 1.82) is 0 Å². The molecule has 0 aliphatic rings. The summed E-state index contributed by atoms with van der Waals surface area (Å²) in [5, 5.41) is 14.6. The molecule has 0 saturated carbocycles. The van der Waals surface area contributed by atoms with Gasteiger partial charge in [-0.05, 0) is 5.56 Å². The minimum absolute atomic E-state index is 0.102. The van der Waals surface area contributed by atoms with E-state index in [1.165, 1.54) is 23.5 Å². The Morgan fingerprint density at radius 1 is 1.33 bits per heavy atom. The molecule has 0 aliphatic carbocycles. The van der Waals surface area contributed by atoms with E-state index in [1.807, 2.05) is 0 Å². The molecule has 1 aromatic carbocycles. The molecule has 94 valence electrons. The number of aromatic nitrogens is 1. The molecule has 0 atom stereocenters. The maximum absolute atomic E-state index is 10.5. The van der Waals surface area contributed by atoms with Crippen LogP contribution in [0.2, 0.25) is 4.34 Å². The van der Waals surface area contributed by atoms with Crippen LogP contribution in [0.25, 0.3) is 0 Å². The number of halogens is 1. The molecular formula is C11H10ClN3O2S. The highest BCUT2D eigenvalue weighted by molar-refractivity contribution is 7.15. The third kappa shape index (κ3) is 3.49. The summed E-state index contributed by atoms with van der Waals surface area (Å²) in [5.74, 6) is 0. The second-order valence-electron chi connectivity index (χ2n) is 3.59. The van der Waals surface area contributed by atoms with Gasteiger partial charge in [0, 0.05) is 25.2 Å². The Balaban J connectivity index is 1.85. The molecule has 1 N–H and O–H groups in total. The van der Waals surface area contributed by atoms with Crippen molar-refractivity contribution in [3.05, 3.63) is 55.5 Å². The summed E-state index contributed by atoms with van der Waals surface area (Å²) in [5.41, 5.74) is 1.09. The fourth-order valence-electron chi connectivity index (χ4n) is 1.42. The van der Waals surface area contributed by atoms with Gasteiger partial charge in [0.1, 0.15) is 9.34 Å². The predicted octanol–water partition coefficient (Wildman–Crippen LogP) is 2.99. The van der Waals surface area contributed by atoms with E-state index in [4.69, 9.17) is 11.6 Å². The van der Waals surface area contributed by atoms with Crippen LogP contribution in [0.5, 0.6) is 0 Å². The van der Waals surface area contributed by atoms with Crippen LogP contribution in [0.4, 0.5) is 5.69 Å². The third-order valence-electron chi connectivity index (χ3n) is 2.28. The highest BCUT2D eigenvalue weighted by Crippen LogP contribution is 2.18. The van der Waals surface area contributed by atoms with E-state index >= 15 is 0 Å². The van der Waals surface area contributed by atoms with Crippen molar-refractivity contribution >= 4 is 28.6 Å². The highest BCUT2D eigenvalue weighted by atomic mass is 35.5. The van der Waals surface area contributed by atoms with Crippen molar-refractivity contribution in [2.24, 2.45) is 0 Å². The first-order valence-electron chi connectivity index (χ1n) is 5.19. The molecule has 0 unspecified atom stereocenters. The maximum atomic E-state index is 10.5. The zero-order valence-electron chi connectivity index (χ0n) is 9.30. The van der Waals surface area contributed by atoms with Crippen LogP contribution in [0.3, 0.4) is 0 Å². The Kier molecular flexibility index (Phi) is 4.24. The van der Waals surface area contributed by atoms with Crippen LogP contribution in [-0.2, 0) is 13.1 Å². The van der Waals surface area contributed by atoms with Gasteiger partial charge in [-0.3, -0.25) is 10.1 Å². The van der Waals surface area contributed by atoms with Crippen LogP contribution < -0.4 is 5.32 Å². The van der Waals surface area contributed by atoms with Crippen LogP contribution in [-0.4, -0.2) is 9.91 Å². The van der Waals surface area contributed by atoms with E-state index in [0.29, 0.717) is 17.4 Å². The Morgan fingerprint density at radius 3 is 2.61 bits per heavy atom. The van der Waals surface area contributed by atoms with Crippen molar-refractivity contribution in [3.8, 4) is 0 Å². The summed E-state index contributed by atoms with van der Waals surface area (Å²) in [7, 11) is 0. The molecular weight excluding hydrogens is 274 g/mol. The van der Waals surface area contributed by atoms with Crippen LogP contribution in [0, 0.1) is 10.1 Å². The van der Waals surface area contributed by atoms with E-state index in [1.54, 1.807) is 18.3 Å². The van der Waals surface area contributed by atoms with Gasteiger partial charge >= 0.3 is 0 Å². The lowest BCUT2D eigenvalue weighted by molar-refractivity contribution is -0.384. The Morgan fingerprint density at radius 2 is 2.06 bits per heavy atom. The van der Waals surface area contributed by atoms with E-state index in [9.17, 15) is 10.1 Å². The quantitative estimate of drug-likeness (QED) is 0.676. The molecule has 0 aliphatic heterocycles. The normalized spacial score (nSPS) is 10.5. The summed E-state index contributed by atoms with van der Waals surface area (Å²) in [4.78, 5) is 14.2. The largest absolute Gasteiger partial charge is 0.306 e. The van der Waals surface area contributed by atoms with Crippen LogP contribution in [0.15, 0.2) is 30.5 Å². The lowest BCUT2D eigenvalue weighted by atomic mass is 10.2. The molecule has 0 radical (unpaired) electrons. The van der Waals surface area contributed by atoms with Gasteiger partial charge in [0.05, 0.1) is 11.1 Å². The van der Waals surface area contributed by atoms with E-state index in [2.05, 4.69) is 10.3 Å². The Labute approximate surface area is 113 Å². The number of nitro groups is 1. The van der Waals surface area contributed by atoms with Gasteiger partial charge < -0.3 is 5.32 Å². The zero-order valence-corrected chi connectivity index (χ0v) is 10.9. The minimum Gasteiger partial charge on any atom is -0.306 e. The number of thiazole rings is 1. The molecule has 0 saturated heterocycles. The standard InChI is InChI=1S/C11H10ClN3O2S/c12-10-6-14-11(18-10)7-13-5-8-1-3-9(4-2-8)15(16)17/h1-4,6,13H,5,7H2. The van der Waals surface area contributed by atoms with Crippen molar-refractivity contribution in [2.75, 3.05) is 0 Å². The SMILES string of the molecule is O=[N+]([O-])c1ccc(CNCc2ncc(Cl)s2)cc1. The lowest BCUT2D eigenvalue weighted by Crippen LogP contribution is -2.12. The number of non-ortho nitro benzene ring substituents is 1. The highest BCUT2D eigenvalue weighted by Gasteiger charge is 2.04. The van der Waals surface area contributed by atoms with Gasteiger partial charge in [0.25, 0.3) is 5.69 Å². The summed E-state index contributed by atoms with van der Waals surface area (Å²) in [6.45, 7) is 1.27. The number of rotatable bonds is 5.